The summed E-state index contributed by atoms with van der Waals surface area (Å²) in [5, 5.41) is 2.77. The summed E-state index contributed by atoms with van der Waals surface area (Å²) in [4.78, 5) is 14.5. The lowest BCUT2D eigenvalue weighted by atomic mass is 10.2. The predicted octanol–water partition coefficient (Wildman–Crippen LogP) is 4.26. The van der Waals surface area contributed by atoms with Crippen LogP contribution >= 0.6 is 27.3 Å². The molecule has 0 radical (unpaired) electrons. The van der Waals surface area contributed by atoms with Crippen molar-refractivity contribution in [1.29, 1.82) is 0 Å². The topological polar surface area (TPSA) is 20.3 Å². The van der Waals surface area contributed by atoms with Gasteiger partial charge in [0, 0.05) is 33.5 Å². The van der Waals surface area contributed by atoms with Crippen molar-refractivity contribution in [3.63, 3.8) is 0 Å². The van der Waals surface area contributed by atoms with Crippen LogP contribution < -0.4 is 10.3 Å². The first-order chi connectivity index (χ1) is 8.63. The summed E-state index contributed by atoms with van der Waals surface area (Å²) in [5.41, 5.74) is 0.933. The third-order valence-corrected chi connectivity index (χ3v) is 4.42. The molecule has 2 nitrogen and oxygen atoms in total. The fourth-order valence-corrected chi connectivity index (χ4v) is 3.18. The van der Waals surface area contributed by atoms with Gasteiger partial charge in [0.25, 0.3) is 0 Å². The van der Waals surface area contributed by atoms with E-state index in [1.165, 1.54) is 0 Å². The number of fused-ring (bicyclic) bond motifs is 1. The highest BCUT2D eigenvalue weighted by molar-refractivity contribution is 9.10. The van der Waals surface area contributed by atoms with Gasteiger partial charge in [-0.3, -0.25) is 4.79 Å². The molecule has 96 valence electrons. The Morgan fingerprint density at radius 3 is 2.89 bits per heavy atom. The van der Waals surface area contributed by atoms with Crippen molar-refractivity contribution in [3.05, 3.63) is 38.3 Å². The van der Waals surface area contributed by atoms with Crippen molar-refractivity contribution in [2.24, 2.45) is 0 Å². The molecule has 1 heterocycles. The minimum absolute atomic E-state index is 0.128. The van der Waals surface area contributed by atoms with Crippen molar-refractivity contribution in [2.45, 2.75) is 19.8 Å². The van der Waals surface area contributed by atoms with Crippen molar-refractivity contribution >= 4 is 43.0 Å². The summed E-state index contributed by atoms with van der Waals surface area (Å²) < 4.78 is 1.99. The van der Waals surface area contributed by atoms with Gasteiger partial charge in [-0.2, -0.15) is 0 Å². The number of rotatable bonds is 4. The second kappa shape index (κ2) is 5.85. The molecule has 2 rings (SSSR count). The van der Waals surface area contributed by atoms with Gasteiger partial charge < -0.3 is 4.90 Å². The van der Waals surface area contributed by atoms with Crippen molar-refractivity contribution in [1.82, 2.24) is 0 Å². The summed E-state index contributed by atoms with van der Waals surface area (Å²) in [7, 11) is 1.99. The van der Waals surface area contributed by atoms with E-state index < -0.39 is 0 Å². The van der Waals surface area contributed by atoms with Gasteiger partial charge in [0.2, 0.25) is 5.43 Å². The first-order valence-corrected chi connectivity index (χ1v) is 7.73. The molecule has 0 atom stereocenters. The number of hydrogen-bond donors (Lipinski definition) is 0. The van der Waals surface area contributed by atoms with Crippen LogP contribution in [0.2, 0.25) is 0 Å². The maximum atomic E-state index is 12.4. The maximum Gasteiger partial charge on any atom is 0.211 e. The molecule has 2 aromatic rings. The van der Waals surface area contributed by atoms with Gasteiger partial charge in [-0.15, -0.1) is 11.3 Å². The highest BCUT2D eigenvalue weighted by Crippen LogP contribution is 2.23. The average molecular weight is 326 g/mol. The number of unbranched alkanes of at least 4 members (excludes halogenated alkanes) is 1. The lowest BCUT2D eigenvalue weighted by Crippen LogP contribution is -2.24. The van der Waals surface area contributed by atoms with E-state index in [2.05, 4.69) is 27.8 Å². The van der Waals surface area contributed by atoms with Crippen LogP contribution in [0.5, 0.6) is 0 Å². The highest BCUT2D eigenvalue weighted by Gasteiger charge is 2.09. The normalized spacial score (nSPS) is 10.8. The molecule has 0 fully saturated rings. The van der Waals surface area contributed by atoms with E-state index in [1.807, 2.05) is 30.6 Å². The lowest BCUT2D eigenvalue weighted by molar-refractivity contribution is 0.766. The molecule has 0 aliphatic rings. The molecule has 4 heteroatoms. The van der Waals surface area contributed by atoms with E-state index in [0.29, 0.717) is 0 Å². The highest BCUT2D eigenvalue weighted by atomic mass is 79.9. The summed E-state index contributed by atoms with van der Waals surface area (Å²) in [6.07, 6.45) is 2.25. The van der Waals surface area contributed by atoms with E-state index in [4.69, 9.17) is 0 Å². The lowest BCUT2D eigenvalue weighted by Gasteiger charge is -2.18. The Balaban J connectivity index is 2.47. The Morgan fingerprint density at radius 1 is 1.39 bits per heavy atom. The molecule has 0 unspecified atom stereocenters. The Kier molecular flexibility index (Phi) is 4.40. The molecular weight excluding hydrogens is 310 g/mol. The van der Waals surface area contributed by atoms with Gasteiger partial charge in [-0.25, -0.2) is 0 Å². The number of halogens is 1. The SMILES string of the molecule is CCCCN(C)c1csc2ccc(Br)cc2c1=O. The van der Waals surface area contributed by atoms with Gasteiger partial charge in [0.15, 0.2) is 0 Å². The van der Waals surface area contributed by atoms with Gasteiger partial charge >= 0.3 is 0 Å². The molecule has 0 spiro atoms. The Bertz CT molecular complexity index is 608. The van der Waals surface area contributed by atoms with E-state index in [1.54, 1.807) is 11.3 Å². The summed E-state index contributed by atoms with van der Waals surface area (Å²) in [5.74, 6) is 0. The summed E-state index contributed by atoms with van der Waals surface area (Å²) >= 11 is 5.05. The zero-order valence-electron chi connectivity index (χ0n) is 10.6. The predicted molar refractivity (Wildman–Crippen MR) is 84.0 cm³/mol. The zero-order chi connectivity index (χ0) is 13.1. The molecule has 0 saturated carbocycles. The zero-order valence-corrected chi connectivity index (χ0v) is 13.0. The number of nitrogens with zero attached hydrogens (tertiary/aromatic N) is 1. The minimum atomic E-state index is 0.128. The monoisotopic (exact) mass is 325 g/mol. The van der Waals surface area contributed by atoms with Crippen LogP contribution in [0.25, 0.3) is 10.1 Å². The average Bonchev–Trinajstić information content (AvgIpc) is 2.37. The van der Waals surface area contributed by atoms with Crippen LogP contribution in [0, 0.1) is 0 Å². The quantitative estimate of drug-likeness (QED) is 0.837. The van der Waals surface area contributed by atoms with E-state index in [0.717, 1.165) is 39.6 Å². The van der Waals surface area contributed by atoms with Gasteiger partial charge in [0.05, 0.1) is 5.69 Å². The fraction of sp³-hybridized carbons (Fsp3) is 0.357. The van der Waals surface area contributed by atoms with Crippen LogP contribution in [0.15, 0.2) is 32.8 Å². The molecule has 0 aliphatic heterocycles. The molecule has 18 heavy (non-hydrogen) atoms. The third kappa shape index (κ3) is 2.75. The molecule has 0 amide bonds. The van der Waals surface area contributed by atoms with Gasteiger partial charge in [-0.05, 0) is 24.6 Å². The number of anilines is 1. The van der Waals surface area contributed by atoms with Gasteiger partial charge in [0.1, 0.15) is 0 Å². The first kappa shape index (κ1) is 13.6. The molecule has 1 aromatic heterocycles. The minimum Gasteiger partial charge on any atom is -0.371 e. The summed E-state index contributed by atoms with van der Waals surface area (Å²) in [6, 6.07) is 5.87. The van der Waals surface area contributed by atoms with E-state index in [-0.39, 0.29) is 5.43 Å². The van der Waals surface area contributed by atoms with Crippen molar-refractivity contribution in [2.75, 3.05) is 18.5 Å². The number of benzene rings is 1. The summed E-state index contributed by atoms with van der Waals surface area (Å²) in [6.45, 7) is 3.09. The molecule has 0 saturated heterocycles. The fourth-order valence-electron chi connectivity index (χ4n) is 1.87. The van der Waals surface area contributed by atoms with E-state index >= 15 is 0 Å². The van der Waals surface area contributed by atoms with Crippen LogP contribution in [0.4, 0.5) is 5.69 Å². The van der Waals surface area contributed by atoms with Crippen LogP contribution in [0.1, 0.15) is 19.8 Å². The second-order valence-corrected chi connectivity index (χ2v) is 6.19. The first-order valence-electron chi connectivity index (χ1n) is 6.05. The van der Waals surface area contributed by atoms with Gasteiger partial charge in [-0.1, -0.05) is 29.3 Å². The standard InChI is InChI=1S/C14H16BrNOS/c1-3-4-7-16(2)12-9-18-13-6-5-10(15)8-11(13)14(12)17/h5-6,8-9H,3-4,7H2,1-2H3. The molecule has 0 N–H and O–H groups in total. The second-order valence-electron chi connectivity index (χ2n) is 4.37. The maximum absolute atomic E-state index is 12.4. The van der Waals surface area contributed by atoms with Crippen LogP contribution in [-0.2, 0) is 0 Å². The molecular formula is C14H16BrNOS. The Hall–Kier alpha value is -0.870. The third-order valence-electron chi connectivity index (χ3n) is 2.97. The Morgan fingerprint density at radius 2 is 2.17 bits per heavy atom. The van der Waals surface area contributed by atoms with Crippen molar-refractivity contribution < 1.29 is 0 Å². The van der Waals surface area contributed by atoms with Crippen LogP contribution in [-0.4, -0.2) is 13.6 Å². The van der Waals surface area contributed by atoms with Crippen molar-refractivity contribution in [3.8, 4) is 0 Å². The Labute approximate surface area is 119 Å². The smallest absolute Gasteiger partial charge is 0.211 e. The van der Waals surface area contributed by atoms with Crippen LogP contribution in [0.3, 0.4) is 0 Å². The number of hydrogen-bond acceptors (Lipinski definition) is 3. The largest absolute Gasteiger partial charge is 0.371 e. The van der Waals surface area contributed by atoms with E-state index in [9.17, 15) is 4.79 Å². The molecule has 0 aliphatic carbocycles. The molecule has 0 bridgehead atoms. The molecule has 1 aromatic carbocycles.